The summed E-state index contributed by atoms with van der Waals surface area (Å²) in [7, 11) is 0. The van der Waals surface area contributed by atoms with Gasteiger partial charge in [0.1, 0.15) is 0 Å². The highest BCUT2D eigenvalue weighted by atomic mass is 16.5. The van der Waals surface area contributed by atoms with Gasteiger partial charge >= 0.3 is 0 Å². The van der Waals surface area contributed by atoms with Crippen molar-refractivity contribution in [2.24, 2.45) is 5.10 Å². The molecule has 26 heavy (non-hydrogen) atoms. The Balaban J connectivity index is 1.83. The third-order valence-electron chi connectivity index (χ3n) is 4.06. The lowest BCUT2D eigenvalue weighted by molar-refractivity contribution is 0.0956. The lowest BCUT2D eigenvalue weighted by Crippen LogP contribution is -2.19. The molecule has 1 amide bonds. The van der Waals surface area contributed by atoms with E-state index in [0.717, 1.165) is 16.3 Å². The molecule has 0 heterocycles. The minimum atomic E-state index is -0.295. The second-order valence-electron chi connectivity index (χ2n) is 5.80. The van der Waals surface area contributed by atoms with E-state index in [2.05, 4.69) is 10.5 Å². The molecule has 0 aliphatic heterocycles. The maximum Gasteiger partial charge on any atom is 0.272 e. The van der Waals surface area contributed by atoms with Crippen LogP contribution in [0, 0.1) is 6.92 Å². The first-order valence-electron chi connectivity index (χ1n) is 8.38. The smallest absolute Gasteiger partial charge is 0.272 e. The second-order valence-corrected chi connectivity index (χ2v) is 5.80. The van der Waals surface area contributed by atoms with Crippen molar-refractivity contribution in [1.29, 1.82) is 0 Å². The highest BCUT2D eigenvalue weighted by Gasteiger charge is 2.12. The zero-order valence-electron chi connectivity index (χ0n) is 14.7. The van der Waals surface area contributed by atoms with Gasteiger partial charge in [-0.15, -0.1) is 0 Å². The van der Waals surface area contributed by atoms with Crippen LogP contribution in [0.25, 0.3) is 10.8 Å². The summed E-state index contributed by atoms with van der Waals surface area (Å²) < 4.78 is 5.34. The number of benzene rings is 3. The molecule has 132 valence electrons. The third-order valence-corrected chi connectivity index (χ3v) is 4.06. The van der Waals surface area contributed by atoms with E-state index < -0.39 is 0 Å². The zero-order chi connectivity index (χ0) is 18.5. The summed E-state index contributed by atoms with van der Waals surface area (Å²) in [5.41, 5.74) is 4.46. The Morgan fingerprint density at radius 1 is 1.15 bits per heavy atom. The van der Waals surface area contributed by atoms with Crippen LogP contribution >= 0.6 is 0 Å². The predicted octanol–water partition coefficient (Wildman–Crippen LogP) is 4.02. The molecule has 0 spiro atoms. The van der Waals surface area contributed by atoms with Crippen molar-refractivity contribution >= 4 is 22.9 Å². The molecular formula is C21H20N2O3. The Morgan fingerprint density at radius 2 is 1.96 bits per heavy atom. The van der Waals surface area contributed by atoms with Crippen molar-refractivity contribution in [2.75, 3.05) is 6.61 Å². The number of hydrogen-bond acceptors (Lipinski definition) is 4. The summed E-state index contributed by atoms with van der Waals surface area (Å²) in [6.07, 6.45) is 1.40. The number of phenolic OH excluding ortho intramolecular Hbond substituents is 1. The van der Waals surface area contributed by atoms with E-state index >= 15 is 0 Å². The van der Waals surface area contributed by atoms with Crippen LogP contribution < -0.4 is 10.2 Å². The second kappa shape index (κ2) is 7.70. The fourth-order valence-electron chi connectivity index (χ4n) is 2.81. The molecule has 5 heteroatoms. The molecule has 5 nitrogen and oxygen atoms in total. The standard InChI is InChI=1S/C21H20N2O3/c1-3-26-18-10-6-8-16(20(18)24)13-22-23-21(25)19-14(2)11-12-15-7-4-5-9-17(15)19/h4-13,24H,3H2,1-2H3,(H,23,25)/b22-13-. The highest BCUT2D eigenvalue weighted by Crippen LogP contribution is 2.28. The summed E-state index contributed by atoms with van der Waals surface area (Å²) in [4.78, 5) is 12.6. The van der Waals surface area contributed by atoms with Crippen LogP contribution in [0.4, 0.5) is 0 Å². The van der Waals surface area contributed by atoms with Gasteiger partial charge in [-0.1, -0.05) is 42.5 Å². The molecule has 0 radical (unpaired) electrons. The van der Waals surface area contributed by atoms with Crippen molar-refractivity contribution in [3.8, 4) is 11.5 Å². The number of carbonyl (C=O) groups excluding carboxylic acids is 1. The number of carbonyl (C=O) groups is 1. The molecule has 3 rings (SSSR count). The normalized spacial score (nSPS) is 11.0. The average Bonchev–Trinajstić information content (AvgIpc) is 2.64. The van der Waals surface area contributed by atoms with Gasteiger partial charge in [-0.3, -0.25) is 4.79 Å². The van der Waals surface area contributed by atoms with Crippen LogP contribution in [0.15, 0.2) is 59.7 Å². The van der Waals surface area contributed by atoms with Gasteiger partial charge in [0.15, 0.2) is 11.5 Å². The van der Waals surface area contributed by atoms with Crippen LogP contribution in [-0.2, 0) is 0 Å². The summed E-state index contributed by atoms with van der Waals surface area (Å²) in [5, 5.41) is 16.0. The summed E-state index contributed by atoms with van der Waals surface area (Å²) >= 11 is 0. The summed E-state index contributed by atoms with van der Waals surface area (Å²) in [6, 6.07) is 16.7. The monoisotopic (exact) mass is 348 g/mol. The first-order chi connectivity index (χ1) is 12.6. The van der Waals surface area contributed by atoms with E-state index in [1.165, 1.54) is 6.21 Å². The Kier molecular flexibility index (Phi) is 5.17. The zero-order valence-corrected chi connectivity index (χ0v) is 14.7. The molecule has 3 aromatic carbocycles. The first kappa shape index (κ1) is 17.5. The number of ether oxygens (including phenoxy) is 1. The van der Waals surface area contributed by atoms with Gasteiger partial charge in [-0.05, 0) is 42.3 Å². The molecule has 0 aliphatic carbocycles. The van der Waals surface area contributed by atoms with Gasteiger partial charge < -0.3 is 9.84 Å². The number of phenols is 1. The SMILES string of the molecule is CCOc1cccc(/C=N\NC(=O)c2c(C)ccc3ccccc23)c1O. The van der Waals surface area contributed by atoms with Crippen molar-refractivity contribution < 1.29 is 14.6 Å². The number of amides is 1. The third kappa shape index (κ3) is 3.52. The van der Waals surface area contributed by atoms with Gasteiger partial charge in [-0.25, -0.2) is 5.43 Å². The molecule has 0 bridgehead atoms. The number of hydrazone groups is 1. The molecule has 0 unspecified atom stereocenters. The molecule has 0 fully saturated rings. The minimum absolute atomic E-state index is 0.00584. The van der Waals surface area contributed by atoms with Gasteiger partial charge in [0.2, 0.25) is 0 Å². The van der Waals surface area contributed by atoms with E-state index in [1.807, 2.05) is 50.2 Å². The maximum absolute atomic E-state index is 12.6. The lowest BCUT2D eigenvalue weighted by atomic mass is 9.99. The Morgan fingerprint density at radius 3 is 2.77 bits per heavy atom. The molecular weight excluding hydrogens is 328 g/mol. The quantitative estimate of drug-likeness (QED) is 0.540. The van der Waals surface area contributed by atoms with Crippen LogP contribution in [0.1, 0.15) is 28.4 Å². The van der Waals surface area contributed by atoms with Crippen molar-refractivity contribution in [3.05, 3.63) is 71.3 Å². The number of nitrogens with zero attached hydrogens (tertiary/aromatic N) is 1. The number of rotatable bonds is 5. The van der Waals surface area contributed by atoms with Crippen LogP contribution in [0.5, 0.6) is 11.5 Å². The van der Waals surface area contributed by atoms with E-state index in [4.69, 9.17) is 4.74 Å². The van der Waals surface area contributed by atoms with E-state index in [1.54, 1.807) is 18.2 Å². The summed E-state index contributed by atoms with van der Waals surface area (Å²) in [6.45, 7) is 4.18. The Hall–Kier alpha value is -3.34. The van der Waals surface area contributed by atoms with E-state index in [-0.39, 0.29) is 11.7 Å². The molecule has 2 N–H and O–H groups in total. The lowest BCUT2D eigenvalue weighted by Gasteiger charge is -2.09. The van der Waals surface area contributed by atoms with Gasteiger partial charge in [0, 0.05) is 5.56 Å². The number of fused-ring (bicyclic) bond motifs is 1. The number of nitrogens with one attached hydrogen (secondary N) is 1. The fourth-order valence-corrected chi connectivity index (χ4v) is 2.81. The highest BCUT2D eigenvalue weighted by molar-refractivity contribution is 6.08. The number of hydrogen-bond donors (Lipinski definition) is 2. The molecule has 3 aromatic rings. The number of aryl methyl sites for hydroxylation is 1. The van der Waals surface area contributed by atoms with Gasteiger partial charge in [0.05, 0.1) is 18.4 Å². The van der Waals surface area contributed by atoms with E-state index in [0.29, 0.717) is 23.5 Å². The maximum atomic E-state index is 12.6. The average molecular weight is 348 g/mol. The summed E-state index contributed by atoms with van der Waals surface area (Å²) in [5.74, 6) is 0.0809. The van der Waals surface area contributed by atoms with Crippen molar-refractivity contribution in [1.82, 2.24) is 5.43 Å². The first-order valence-corrected chi connectivity index (χ1v) is 8.38. The van der Waals surface area contributed by atoms with Gasteiger partial charge in [0.25, 0.3) is 5.91 Å². The minimum Gasteiger partial charge on any atom is -0.504 e. The molecule has 0 saturated carbocycles. The van der Waals surface area contributed by atoms with Crippen LogP contribution in [0.2, 0.25) is 0 Å². The van der Waals surface area contributed by atoms with Gasteiger partial charge in [-0.2, -0.15) is 5.10 Å². The topological polar surface area (TPSA) is 70.9 Å². The number of aromatic hydroxyl groups is 1. The Bertz CT molecular complexity index is 980. The van der Waals surface area contributed by atoms with E-state index in [9.17, 15) is 9.90 Å². The van der Waals surface area contributed by atoms with Crippen molar-refractivity contribution in [2.45, 2.75) is 13.8 Å². The Labute approximate surface area is 151 Å². The predicted molar refractivity (Wildman–Crippen MR) is 103 cm³/mol. The molecule has 0 aliphatic rings. The number of para-hydroxylation sites is 1. The van der Waals surface area contributed by atoms with Crippen LogP contribution in [0.3, 0.4) is 0 Å². The van der Waals surface area contributed by atoms with Crippen LogP contribution in [-0.4, -0.2) is 23.8 Å². The fraction of sp³-hybridized carbons (Fsp3) is 0.143. The van der Waals surface area contributed by atoms with Crippen molar-refractivity contribution in [3.63, 3.8) is 0 Å². The molecule has 0 saturated heterocycles. The largest absolute Gasteiger partial charge is 0.504 e. The molecule has 0 aromatic heterocycles. The molecule has 0 atom stereocenters.